The van der Waals surface area contributed by atoms with Gasteiger partial charge in [-0.15, -0.1) is 11.3 Å². The molecule has 0 aliphatic carbocycles. The van der Waals surface area contributed by atoms with E-state index in [1.165, 1.54) is 16.1 Å². The van der Waals surface area contributed by atoms with Crippen molar-refractivity contribution in [2.75, 3.05) is 5.73 Å². The van der Waals surface area contributed by atoms with Crippen LogP contribution in [0.15, 0.2) is 23.8 Å². The van der Waals surface area contributed by atoms with E-state index in [-0.39, 0.29) is 0 Å². The highest BCUT2D eigenvalue weighted by Gasteiger charge is 2.19. The van der Waals surface area contributed by atoms with Crippen LogP contribution in [0.2, 0.25) is 0 Å². The molecule has 0 bridgehead atoms. The summed E-state index contributed by atoms with van der Waals surface area (Å²) in [7, 11) is 0. The molecule has 1 atom stereocenters. The lowest BCUT2D eigenvalue weighted by atomic mass is 10.2. The first-order valence-corrected chi connectivity index (χ1v) is 7.57. The maximum atomic E-state index is 6.01. The fourth-order valence-electron chi connectivity index (χ4n) is 2.80. The molecule has 5 heteroatoms. The normalized spacial score (nSPS) is 12.9. The Morgan fingerprint density at radius 2 is 2.15 bits per heavy atom. The van der Waals surface area contributed by atoms with Gasteiger partial charge in [-0.1, -0.05) is 6.07 Å². The van der Waals surface area contributed by atoms with Crippen LogP contribution in [-0.2, 0) is 6.42 Å². The summed E-state index contributed by atoms with van der Waals surface area (Å²) < 4.78 is 2.28. The van der Waals surface area contributed by atoms with E-state index < -0.39 is 0 Å². The van der Waals surface area contributed by atoms with E-state index >= 15 is 0 Å². The molecule has 20 heavy (non-hydrogen) atoms. The minimum absolute atomic E-state index is 0.346. The zero-order chi connectivity index (χ0) is 14.3. The molecular weight excluding hydrogens is 268 g/mol. The lowest BCUT2D eigenvalue weighted by Gasteiger charge is -2.16. The van der Waals surface area contributed by atoms with Gasteiger partial charge in [0, 0.05) is 23.0 Å². The Kier molecular flexibility index (Phi) is 3.22. The number of thiophene rings is 1. The Morgan fingerprint density at radius 3 is 2.85 bits per heavy atom. The summed E-state index contributed by atoms with van der Waals surface area (Å²) in [4.78, 5) is 9.95. The Bertz CT molecular complexity index is 743. The Balaban J connectivity index is 2.11. The number of hydrogen-bond acceptors (Lipinski definition) is 4. The summed E-state index contributed by atoms with van der Waals surface area (Å²) in [5.74, 6) is 0.567. The number of nitrogens with two attached hydrogens (primary N) is 1. The van der Waals surface area contributed by atoms with Gasteiger partial charge in [0.25, 0.3) is 0 Å². The number of nitrogens with zero attached hydrogens (tertiary/aromatic N) is 3. The number of nitrogen functional groups attached to an aromatic ring is 1. The van der Waals surface area contributed by atoms with Gasteiger partial charge in [0.1, 0.15) is 17.8 Å². The van der Waals surface area contributed by atoms with Gasteiger partial charge < -0.3 is 10.3 Å². The van der Waals surface area contributed by atoms with Gasteiger partial charge in [0.2, 0.25) is 0 Å². The standard InChI is InChI=1S/C15H18N4S/c1-9(7-12-5-4-6-20-12)19-11(3)10(2)13-14(16)17-8-18-15(13)19/h4-6,8-9H,7H2,1-3H3,(H2,16,17,18). The molecule has 0 aliphatic heterocycles. The summed E-state index contributed by atoms with van der Waals surface area (Å²) in [6.45, 7) is 6.44. The zero-order valence-electron chi connectivity index (χ0n) is 11.9. The van der Waals surface area contributed by atoms with E-state index in [0.29, 0.717) is 11.9 Å². The van der Waals surface area contributed by atoms with Gasteiger partial charge in [0.15, 0.2) is 0 Å². The molecule has 0 saturated heterocycles. The number of fused-ring (bicyclic) bond motifs is 1. The Labute approximate surface area is 122 Å². The Hall–Kier alpha value is -1.88. The van der Waals surface area contributed by atoms with Crippen molar-refractivity contribution in [2.45, 2.75) is 33.2 Å². The topological polar surface area (TPSA) is 56.7 Å². The molecule has 3 aromatic heterocycles. The second kappa shape index (κ2) is 4.90. The number of rotatable bonds is 3. The lowest BCUT2D eigenvalue weighted by Crippen LogP contribution is -2.10. The van der Waals surface area contributed by atoms with Crippen LogP contribution in [-0.4, -0.2) is 14.5 Å². The number of anilines is 1. The summed E-state index contributed by atoms with van der Waals surface area (Å²) >= 11 is 1.80. The lowest BCUT2D eigenvalue weighted by molar-refractivity contribution is 0.550. The molecule has 3 heterocycles. The van der Waals surface area contributed by atoms with Crippen molar-refractivity contribution in [1.82, 2.24) is 14.5 Å². The molecule has 2 N–H and O–H groups in total. The highest BCUT2D eigenvalue weighted by atomic mass is 32.1. The SMILES string of the molecule is Cc1c(C)n(C(C)Cc2cccs2)c2ncnc(N)c12. The minimum atomic E-state index is 0.346. The number of hydrogen-bond donors (Lipinski definition) is 1. The summed E-state index contributed by atoms with van der Waals surface area (Å²) in [6.07, 6.45) is 2.55. The highest BCUT2D eigenvalue weighted by Crippen LogP contribution is 2.31. The summed E-state index contributed by atoms with van der Waals surface area (Å²) in [5.41, 5.74) is 9.35. The average Bonchev–Trinajstić information content (AvgIpc) is 2.99. The monoisotopic (exact) mass is 286 g/mol. The first-order chi connectivity index (χ1) is 9.59. The van der Waals surface area contributed by atoms with Crippen LogP contribution in [0, 0.1) is 13.8 Å². The van der Waals surface area contributed by atoms with Crippen molar-refractivity contribution < 1.29 is 0 Å². The molecule has 0 fully saturated rings. The van der Waals surface area contributed by atoms with Crippen molar-refractivity contribution >= 4 is 28.2 Å². The molecule has 0 radical (unpaired) electrons. The Morgan fingerprint density at radius 1 is 1.35 bits per heavy atom. The first kappa shape index (κ1) is 13.1. The van der Waals surface area contributed by atoms with Gasteiger partial charge in [-0.05, 0) is 37.8 Å². The van der Waals surface area contributed by atoms with Gasteiger partial charge in [-0.2, -0.15) is 0 Å². The van der Waals surface area contributed by atoms with Crippen LogP contribution in [0.4, 0.5) is 5.82 Å². The second-order valence-electron chi connectivity index (χ2n) is 5.17. The third-order valence-electron chi connectivity index (χ3n) is 3.88. The summed E-state index contributed by atoms with van der Waals surface area (Å²) in [5, 5.41) is 3.11. The highest BCUT2D eigenvalue weighted by molar-refractivity contribution is 7.09. The molecule has 0 saturated carbocycles. The average molecular weight is 286 g/mol. The molecule has 0 amide bonds. The number of aryl methyl sites for hydroxylation is 1. The summed E-state index contributed by atoms with van der Waals surface area (Å²) in [6, 6.07) is 4.62. The van der Waals surface area contributed by atoms with E-state index in [1.807, 2.05) is 0 Å². The fourth-order valence-corrected chi connectivity index (χ4v) is 3.63. The molecule has 0 aromatic carbocycles. The smallest absolute Gasteiger partial charge is 0.146 e. The first-order valence-electron chi connectivity index (χ1n) is 6.69. The fraction of sp³-hybridized carbons (Fsp3) is 0.333. The van der Waals surface area contributed by atoms with Gasteiger partial charge in [-0.3, -0.25) is 0 Å². The van der Waals surface area contributed by atoms with Crippen molar-refractivity contribution in [3.63, 3.8) is 0 Å². The third-order valence-corrected chi connectivity index (χ3v) is 4.78. The molecule has 3 aromatic rings. The van der Waals surface area contributed by atoms with Crippen LogP contribution < -0.4 is 5.73 Å². The van der Waals surface area contributed by atoms with Gasteiger partial charge in [0.05, 0.1) is 5.39 Å². The van der Waals surface area contributed by atoms with Crippen molar-refractivity contribution in [3.8, 4) is 0 Å². The third kappa shape index (κ3) is 1.98. The molecule has 3 rings (SSSR count). The zero-order valence-corrected chi connectivity index (χ0v) is 12.7. The molecule has 0 spiro atoms. The molecular formula is C15H18N4S. The number of aromatic nitrogens is 3. The molecule has 0 aliphatic rings. The minimum Gasteiger partial charge on any atom is -0.383 e. The van der Waals surface area contributed by atoms with E-state index in [9.17, 15) is 0 Å². The maximum Gasteiger partial charge on any atom is 0.146 e. The van der Waals surface area contributed by atoms with Crippen LogP contribution in [0.25, 0.3) is 11.0 Å². The van der Waals surface area contributed by atoms with E-state index in [1.54, 1.807) is 17.7 Å². The van der Waals surface area contributed by atoms with Gasteiger partial charge >= 0.3 is 0 Å². The van der Waals surface area contributed by atoms with Gasteiger partial charge in [-0.25, -0.2) is 9.97 Å². The quantitative estimate of drug-likeness (QED) is 0.801. The second-order valence-corrected chi connectivity index (χ2v) is 6.20. The van der Waals surface area contributed by atoms with Crippen molar-refractivity contribution in [1.29, 1.82) is 0 Å². The van der Waals surface area contributed by atoms with Crippen molar-refractivity contribution in [3.05, 3.63) is 40.0 Å². The van der Waals surface area contributed by atoms with E-state index in [2.05, 4.69) is 52.8 Å². The van der Waals surface area contributed by atoms with Crippen LogP contribution >= 0.6 is 11.3 Å². The van der Waals surface area contributed by atoms with Crippen molar-refractivity contribution in [2.24, 2.45) is 0 Å². The predicted molar refractivity (Wildman–Crippen MR) is 84.1 cm³/mol. The van der Waals surface area contributed by atoms with Crippen LogP contribution in [0.1, 0.15) is 29.1 Å². The largest absolute Gasteiger partial charge is 0.383 e. The molecule has 4 nitrogen and oxygen atoms in total. The molecule has 1 unspecified atom stereocenters. The molecule has 104 valence electrons. The predicted octanol–water partition coefficient (Wildman–Crippen LogP) is 3.50. The maximum absolute atomic E-state index is 6.01. The van der Waals surface area contributed by atoms with Crippen LogP contribution in [0.5, 0.6) is 0 Å². The van der Waals surface area contributed by atoms with Crippen LogP contribution in [0.3, 0.4) is 0 Å². The van der Waals surface area contributed by atoms with E-state index in [0.717, 1.165) is 17.5 Å². The van der Waals surface area contributed by atoms with E-state index in [4.69, 9.17) is 5.73 Å².